The van der Waals surface area contributed by atoms with Crippen molar-refractivity contribution in [2.75, 3.05) is 19.0 Å². The number of aryl methyl sites for hydroxylation is 1. The van der Waals surface area contributed by atoms with Crippen molar-refractivity contribution in [3.63, 3.8) is 0 Å². The Morgan fingerprint density at radius 1 is 1.16 bits per heavy atom. The number of benzene rings is 1. The Morgan fingerprint density at radius 3 is 2.63 bits per heavy atom. The van der Waals surface area contributed by atoms with Crippen LogP contribution in [0.1, 0.15) is 19.5 Å². The van der Waals surface area contributed by atoms with E-state index in [4.69, 9.17) is 4.74 Å². The monoisotopic (exact) mass is 257 g/mol. The van der Waals surface area contributed by atoms with Gasteiger partial charge in [-0.15, -0.1) is 0 Å². The minimum atomic E-state index is 0.628. The fourth-order valence-corrected chi connectivity index (χ4v) is 1.86. The molecule has 0 unspecified atom stereocenters. The molecule has 1 N–H and O–H groups in total. The first-order valence-corrected chi connectivity index (χ1v) is 6.56. The van der Waals surface area contributed by atoms with Crippen LogP contribution in [-0.4, -0.2) is 23.6 Å². The zero-order chi connectivity index (χ0) is 13.7. The molecular formula is C15H19N3O. The van der Waals surface area contributed by atoms with E-state index in [9.17, 15) is 0 Å². The molecule has 100 valence electrons. The fraction of sp³-hybridized carbons (Fsp3) is 0.333. The van der Waals surface area contributed by atoms with Crippen LogP contribution in [0, 0.1) is 0 Å². The number of aromatic nitrogens is 2. The Hall–Kier alpha value is -2.10. The summed E-state index contributed by atoms with van der Waals surface area (Å²) >= 11 is 0. The molecule has 2 aromatic rings. The molecule has 0 aliphatic carbocycles. The smallest absolute Gasteiger partial charge is 0.165 e. The summed E-state index contributed by atoms with van der Waals surface area (Å²) in [7, 11) is 1.86. The number of nitrogens with one attached hydrogen (secondary N) is 1. The fourth-order valence-electron chi connectivity index (χ4n) is 1.86. The third-order valence-corrected chi connectivity index (χ3v) is 2.83. The maximum atomic E-state index is 5.64. The van der Waals surface area contributed by atoms with E-state index >= 15 is 0 Å². The maximum absolute atomic E-state index is 5.64. The summed E-state index contributed by atoms with van der Waals surface area (Å²) in [5, 5.41) is 3.07. The van der Waals surface area contributed by atoms with Crippen molar-refractivity contribution in [3.8, 4) is 17.1 Å². The number of hydrogen-bond acceptors (Lipinski definition) is 4. The highest BCUT2D eigenvalue weighted by Gasteiger charge is 2.10. The molecule has 0 saturated heterocycles. The molecule has 4 heteroatoms. The molecule has 1 heterocycles. The molecule has 0 atom stereocenters. The van der Waals surface area contributed by atoms with E-state index in [1.165, 1.54) is 0 Å². The van der Waals surface area contributed by atoms with Crippen LogP contribution in [0.5, 0.6) is 5.75 Å². The van der Waals surface area contributed by atoms with Crippen LogP contribution in [0.25, 0.3) is 11.4 Å². The highest BCUT2D eigenvalue weighted by atomic mass is 16.5. The standard InChI is InChI=1S/C15H19N3O/c1-4-11-10-14(16-3)18-15(17-11)12-8-6-7-9-13(12)19-5-2/h6-10H,4-5H2,1-3H3,(H,16,17,18). The normalized spacial score (nSPS) is 10.3. The Kier molecular flexibility index (Phi) is 4.34. The maximum Gasteiger partial charge on any atom is 0.165 e. The molecule has 0 aliphatic rings. The van der Waals surface area contributed by atoms with Crippen LogP contribution in [0.3, 0.4) is 0 Å². The van der Waals surface area contributed by atoms with Crippen molar-refractivity contribution in [2.24, 2.45) is 0 Å². The van der Waals surface area contributed by atoms with Crippen molar-refractivity contribution < 1.29 is 4.74 Å². The lowest BCUT2D eigenvalue weighted by atomic mass is 10.1. The zero-order valence-corrected chi connectivity index (χ0v) is 11.6. The first-order chi connectivity index (χ1) is 9.28. The summed E-state index contributed by atoms with van der Waals surface area (Å²) in [6.07, 6.45) is 0.876. The number of hydrogen-bond donors (Lipinski definition) is 1. The van der Waals surface area contributed by atoms with E-state index < -0.39 is 0 Å². The molecule has 0 saturated carbocycles. The van der Waals surface area contributed by atoms with Crippen molar-refractivity contribution in [1.29, 1.82) is 0 Å². The topological polar surface area (TPSA) is 47.0 Å². The van der Waals surface area contributed by atoms with Gasteiger partial charge in [-0.25, -0.2) is 9.97 Å². The third kappa shape index (κ3) is 3.02. The van der Waals surface area contributed by atoms with Gasteiger partial charge in [0.15, 0.2) is 5.82 Å². The van der Waals surface area contributed by atoms with Gasteiger partial charge in [0.2, 0.25) is 0 Å². The van der Waals surface area contributed by atoms with E-state index in [1.54, 1.807) is 0 Å². The molecule has 1 aromatic heterocycles. The first kappa shape index (κ1) is 13.3. The summed E-state index contributed by atoms with van der Waals surface area (Å²) in [6.45, 7) is 4.68. The Bertz CT molecular complexity index is 533. The molecular weight excluding hydrogens is 238 g/mol. The average molecular weight is 257 g/mol. The Morgan fingerprint density at radius 2 is 1.95 bits per heavy atom. The van der Waals surface area contributed by atoms with Crippen molar-refractivity contribution in [3.05, 3.63) is 36.0 Å². The molecule has 0 fully saturated rings. The predicted molar refractivity (Wildman–Crippen MR) is 77.6 cm³/mol. The van der Waals surface area contributed by atoms with Gasteiger partial charge in [0.25, 0.3) is 0 Å². The average Bonchev–Trinajstić information content (AvgIpc) is 2.47. The summed E-state index contributed by atoms with van der Waals surface area (Å²) < 4.78 is 5.64. The van der Waals surface area contributed by atoms with Crippen molar-refractivity contribution in [2.45, 2.75) is 20.3 Å². The van der Waals surface area contributed by atoms with Gasteiger partial charge in [-0.1, -0.05) is 19.1 Å². The molecule has 19 heavy (non-hydrogen) atoms. The van der Waals surface area contributed by atoms with Crippen LogP contribution in [-0.2, 0) is 6.42 Å². The number of para-hydroxylation sites is 1. The van der Waals surface area contributed by atoms with Gasteiger partial charge >= 0.3 is 0 Å². The van der Waals surface area contributed by atoms with Gasteiger partial charge < -0.3 is 10.1 Å². The van der Waals surface area contributed by atoms with Crippen molar-refractivity contribution in [1.82, 2.24) is 9.97 Å². The highest BCUT2D eigenvalue weighted by Crippen LogP contribution is 2.28. The number of rotatable bonds is 5. The second-order valence-corrected chi connectivity index (χ2v) is 4.10. The van der Waals surface area contributed by atoms with Gasteiger partial charge in [0, 0.05) is 18.8 Å². The Labute approximate surface area is 113 Å². The minimum Gasteiger partial charge on any atom is -0.493 e. The lowest BCUT2D eigenvalue weighted by molar-refractivity contribution is 0.341. The molecule has 2 rings (SSSR count). The quantitative estimate of drug-likeness (QED) is 0.893. The lowest BCUT2D eigenvalue weighted by Gasteiger charge is -2.11. The van der Waals surface area contributed by atoms with Crippen LogP contribution in [0.4, 0.5) is 5.82 Å². The number of anilines is 1. The molecule has 0 aliphatic heterocycles. The van der Waals surface area contributed by atoms with E-state index in [-0.39, 0.29) is 0 Å². The third-order valence-electron chi connectivity index (χ3n) is 2.83. The summed E-state index contributed by atoms with van der Waals surface area (Å²) in [4.78, 5) is 9.09. The minimum absolute atomic E-state index is 0.628. The molecule has 1 aromatic carbocycles. The van der Waals surface area contributed by atoms with Crippen molar-refractivity contribution >= 4 is 5.82 Å². The van der Waals surface area contributed by atoms with E-state index in [2.05, 4.69) is 22.2 Å². The molecule has 0 spiro atoms. The molecule has 0 amide bonds. The van der Waals surface area contributed by atoms with Gasteiger partial charge in [0.1, 0.15) is 11.6 Å². The molecule has 0 bridgehead atoms. The largest absolute Gasteiger partial charge is 0.493 e. The van der Waals surface area contributed by atoms with Gasteiger partial charge in [0.05, 0.1) is 12.2 Å². The van der Waals surface area contributed by atoms with Crippen LogP contribution in [0.15, 0.2) is 30.3 Å². The number of nitrogens with zero attached hydrogens (tertiary/aromatic N) is 2. The molecule has 0 radical (unpaired) electrons. The second-order valence-electron chi connectivity index (χ2n) is 4.10. The van der Waals surface area contributed by atoms with E-state index in [0.717, 1.165) is 29.2 Å². The van der Waals surface area contributed by atoms with Gasteiger partial charge in [-0.05, 0) is 25.5 Å². The van der Waals surface area contributed by atoms with Gasteiger partial charge in [-0.2, -0.15) is 0 Å². The predicted octanol–water partition coefficient (Wildman–Crippen LogP) is 3.15. The van der Waals surface area contributed by atoms with E-state index in [1.807, 2.05) is 44.3 Å². The second kappa shape index (κ2) is 6.18. The van der Waals surface area contributed by atoms with Crippen LogP contribution >= 0.6 is 0 Å². The van der Waals surface area contributed by atoms with Crippen LogP contribution < -0.4 is 10.1 Å². The zero-order valence-electron chi connectivity index (χ0n) is 11.6. The lowest BCUT2D eigenvalue weighted by Crippen LogP contribution is -2.02. The SMILES string of the molecule is CCOc1ccccc1-c1nc(CC)cc(NC)n1. The highest BCUT2D eigenvalue weighted by molar-refractivity contribution is 5.65. The summed E-state index contributed by atoms with van der Waals surface area (Å²) in [6, 6.07) is 9.82. The number of ether oxygens (including phenoxy) is 1. The van der Waals surface area contributed by atoms with Gasteiger partial charge in [-0.3, -0.25) is 0 Å². The van der Waals surface area contributed by atoms with Crippen LogP contribution in [0.2, 0.25) is 0 Å². The van der Waals surface area contributed by atoms with E-state index in [0.29, 0.717) is 12.4 Å². The summed E-state index contributed by atoms with van der Waals surface area (Å²) in [5.74, 6) is 2.35. The Balaban J connectivity index is 2.51. The first-order valence-electron chi connectivity index (χ1n) is 6.56. The molecule has 4 nitrogen and oxygen atoms in total. The summed E-state index contributed by atoms with van der Waals surface area (Å²) in [5.41, 5.74) is 1.94.